The van der Waals surface area contributed by atoms with Gasteiger partial charge in [-0.05, 0) is 49.4 Å². The summed E-state index contributed by atoms with van der Waals surface area (Å²) in [5.74, 6) is 0.899. The van der Waals surface area contributed by atoms with Crippen LogP contribution in [0.4, 0.5) is 0 Å². The highest BCUT2D eigenvalue weighted by atomic mass is 32.2. The SMILES string of the molecule is Cc1cccc(OCCNC(=O)CSc2nc3sc4c(c3c(=O)n2C)CCC4)c1. The molecule has 1 aromatic carbocycles. The molecule has 0 bridgehead atoms. The topological polar surface area (TPSA) is 73.2 Å². The van der Waals surface area contributed by atoms with E-state index < -0.39 is 0 Å². The predicted octanol–water partition coefficient (Wildman–Crippen LogP) is 3.08. The van der Waals surface area contributed by atoms with Crippen LogP contribution in [0.5, 0.6) is 5.75 Å². The van der Waals surface area contributed by atoms with Crippen molar-refractivity contribution in [3.05, 3.63) is 50.6 Å². The third-order valence-electron chi connectivity index (χ3n) is 4.92. The van der Waals surface area contributed by atoms with Gasteiger partial charge in [-0.2, -0.15) is 0 Å². The molecule has 1 aliphatic rings. The third kappa shape index (κ3) is 4.33. The monoisotopic (exact) mass is 429 g/mol. The molecule has 152 valence electrons. The molecule has 0 saturated carbocycles. The predicted molar refractivity (Wildman–Crippen MR) is 117 cm³/mol. The average molecular weight is 430 g/mol. The number of thiophene rings is 1. The van der Waals surface area contributed by atoms with Crippen molar-refractivity contribution in [1.29, 1.82) is 0 Å². The zero-order valence-electron chi connectivity index (χ0n) is 16.5. The summed E-state index contributed by atoms with van der Waals surface area (Å²) in [6.45, 7) is 2.84. The Bertz CT molecular complexity index is 1120. The van der Waals surface area contributed by atoms with Gasteiger partial charge < -0.3 is 10.1 Å². The second-order valence-corrected chi connectivity index (χ2v) is 9.13. The van der Waals surface area contributed by atoms with Gasteiger partial charge in [0.2, 0.25) is 5.91 Å². The van der Waals surface area contributed by atoms with Gasteiger partial charge in [0.1, 0.15) is 17.2 Å². The highest BCUT2D eigenvalue weighted by Crippen LogP contribution is 2.35. The van der Waals surface area contributed by atoms with Crippen molar-refractivity contribution in [3.63, 3.8) is 0 Å². The normalized spacial score (nSPS) is 12.9. The number of carbonyl (C=O) groups is 1. The number of amides is 1. The molecule has 6 nitrogen and oxygen atoms in total. The number of thioether (sulfide) groups is 1. The quantitative estimate of drug-likeness (QED) is 0.355. The van der Waals surface area contributed by atoms with Gasteiger partial charge in [0, 0.05) is 11.9 Å². The Morgan fingerprint density at radius 1 is 1.38 bits per heavy atom. The maximum Gasteiger partial charge on any atom is 0.262 e. The molecule has 1 aliphatic carbocycles. The van der Waals surface area contributed by atoms with E-state index in [2.05, 4.69) is 10.3 Å². The fourth-order valence-corrected chi connectivity index (χ4v) is 5.58. The van der Waals surface area contributed by atoms with Crippen LogP contribution in [0.15, 0.2) is 34.2 Å². The first-order valence-electron chi connectivity index (χ1n) is 9.63. The van der Waals surface area contributed by atoms with Gasteiger partial charge >= 0.3 is 0 Å². The molecule has 0 unspecified atom stereocenters. The Hall–Kier alpha value is -2.32. The Kier molecular flexibility index (Phi) is 5.91. The fraction of sp³-hybridized carbons (Fsp3) is 0.381. The molecule has 0 radical (unpaired) electrons. The molecule has 0 saturated heterocycles. The number of rotatable bonds is 7. The summed E-state index contributed by atoms with van der Waals surface area (Å²) in [6.07, 6.45) is 3.12. The van der Waals surface area contributed by atoms with Crippen molar-refractivity contribution >= 4 is 39.2 Å². The molecule has 1 N–H and O–H groups in total. The van der Waals surface area contributed by atoms with Gasteiger partial charge in [0.05, 0.1) is 17.7 Å². The molecule has 29 heavy (non-hydrogen) atoms. The van der Waals surface area contributed by atoms with Gasteiger partial charge in [0.25, 0.3) is 5.56 Å². The fourth-order valence-electron chi connectivity index (χ4n) is 3.48. The van der Waals surface area contributed by atoms with Crippen LogP contribution in [-0.4, -0.2) is 34.4 Å². The number of benzene rings is 1. The van der Waals surface area contributed by atoms with E-state index in [4.69, 9.17) is 4.74 Å². The number of hydrogen-bond acceptors (Lipinski definition) is 6. The van der Waals surface area contributed by atoms with Crippen LogP contribution < -0.4 is 15.6 Å². The average Bonchev–Trinajstić information content (AvgIpc) is 3.28. The lowest BCUT2D eigenvalue weighted by Gasteiger charge is -2.09. The molecule has 8 heteroatoms. The van der Waals surface area contributed by atoms with Crippen molar-refractivity contribution < 1.29 is 9.53 Å². The minimum atomic E-state index is -0.106. The van der Waals surface area contributed by atoms with E-state index in [0.29, 0.717) is 18.3 Å². The van der Waals surface area contributed by atoms with Gasteiger partial charge in [-0.1, -0.05) is 23.9 Å². The van der Waals surface area contributed by atoms with Crippen molar-refractivity contribution in [2.45, 2.75) is 31.3 Å². The lowest BCUT2D eigenvalue weighted by atomic mass is 10.2. The zero-order chi connectivity index (χ0) is 20.4. The van der Waals surface area contributed by atoms with Gasteiger partial charge in [-0.15, -0.1) is 11.3 Å². The molecule has 1 amide bonds. The summed E-state index contributed by atoms with van der Waals surface area (Å²) < 4.78 is 7.20. The van der Waals surface area contributed by atoms with Crippen molar-refractivity contribution in [2.75, 3.05) is 18.9 Å². The van der Waals surface area contributed by atoms with E-state index in [0.717, 1.165) is 40.8 Å². The number of hydrogen-bond donors (Lipinski definition) is 1. The van der Waals surface area contributed by atoms with Crippen LogP contribution in [0.2, 0.25) is 0 Å². The maximum absolute atomic E-state index is 12.8. The third-order valence-corrected chi connectivity index (χ3v) is 7.14. The minimum Gasteiger partial charge on any atom is -0.492 e. The number of aryl methyl sites for hydroxylation is 3. The smallest absolute Gasteiger partial charge is 0.262 e. The number of nitrogens with one attached hydrogen (secondary N) is 1. The summed E-state index contributed by atoms with van der Waals surface area (Å²) in [5, 5.41) is 4.19. The van der Waals surface area contributed by atoms with E-state index in [-0.39, 0.29) is 17.2 Å². The molecule has 3 aromatic rings. The molecule has 0 atom stereocenters. The van der Waals surface area contributed by atoms with E-state index in [1.54, 1.807) is 23.0 Å². The molecule has 0 spiro atoms. The van der Waals surface area contributed by atoms with Gasteiger partial charge in [-0.25, -0.2) is 4.98 Å². The lowest BCUT2D eigenvalue weighted by Crippen LogP contribution is -2.30. The molecule has 0 aliphatic heterocycles. The summed E-state index contributed by atoms with van der Waals surface area (Å²) in [7, 11) is 1.73. The molecule has 2 aromatic heterocycles. The Labute approximate surface area is 177 Å². The number of carbonyl (C=O) groups excluding carboxylic acids is 1. The van der Waals surface area contributed by atoms with Crippen molar-refractivity contribution in [3.8, 4) is 5.75 Å². The molecule has 4 rings (SSSR count). The van der Waals surface area contributed by atoms with Crippen molar-refractivity contribution in [1.82, 2.24) is 14.9 Å². The lowest BCUT2D eigenvalue weighted by molar-refractivity contribution is -0.118. The standard InChI is InChI=1S/C21H23N3O3S2/c1-13-5-3-6-14(11-13)27-10-9-22-17(25)12-28-21-23-19-18(20(26)24(21)2)15-7-4-8-16(15)29-19/h3,5-6,11H,4,7-10,12H2,1-2H3,(H,22,25). The van der Waals surface area contributed by atoms with E-state index >= 15 is 0 Å². The largest absolute Gasteiger partial charge is 0.492 e. The Morgan fingerprint density at radius 3 is 3.07 bits per heavy atom. The molecule has 0 fully saturated rings. The second-order valence-electron chi connectivity index (χ2n) is 7.10. The summed E-state index contributed by atoms with van der Waals surface area (Å²) in [5.41, 5.74) is 2.30. The first kappa shape index (κ1) is 20.0. The van der Waals surface area contributed by atoms with Crippen LogP contribution in [0, 0.1) is 6.92 Å². The van der Waals surface area contributed by atoms with Crippen LogP contribution in [0.1, 0.15) is 22.4 Å². The van der Waals surface area contributed by atoms with Crippen molar-refractivity contribution in [2.24, 2.45) is 7.05 Å². The maximum atomic E-state index is 12.8. The number of nitrogens with zero attached hydrogens (tertiary/aromatic N) is 2. The highest BCUT2D eigenvalue weighted by molar-refractivity contribution is 7.99. The zero-order valence-corrected chi connectivity index (χ0v) is 18.1. The number of ether oxygens (including phenoxy) is 1. The summed E-state index contributed by atoms with van der Waals surface area (Å²) in [6, 6.07) is 7.80. The first-order chi connectivity index (χ1) is 14.0. The molecule has 2 heterocycles. The van der Waals surface area contributed by atoms with E-state index in [1.807, 2.05) is 31.2 Å². The molecular formula is C21H23N3O3S2. The highest BCUT2D eigenvalue weighted by Gasteiger charge is 2.22. The van der Waals surface area contributed by atoms with Gasteiger partial charge in [0.15, 0.2) is 5.16 Å². The van der Waals surface area contributed by atoms with E-state index in [1.165, 1.54) is 22.2 Å². The molecular weight excluding hydrogens is 406 g/mol. The summed E-state index contributed by atoms with van der Waals surface area (Å²) in [4.78, 5) is 31.7. The van der Waals surface area contributed by atoms with Crippen LogP contribution in [0.25, 0.3) is 10.2 Å². The Balaban J connectivity index is 1.32. The van der Waals surface area contributed by atoms with Gasteiger partial charge in [-0.3, -0.25) is 14.2 Å². The van der Waals surface area contributed by atoms with Crippen LogP contribution >= 0.6 is 23.1 Å². The van der Waals surface area contributed by atoms with Crippen LogP contribution in [0.3, 0.4) is 0 Å². The van der Waals surface area contributed by atoms with E-state index in [9.17, 15) is 9.59 Å². The first-order valence-corrected chi connectivity index (χ1v) is 11.4. The Morgan fingerprint density at radius 2 is 2.24 bits per heavy atom. The minimum absolute atomic E-state index is 0.0103. The summed E-state index contributed by atoms with van der Waals surface area (Å²) >= 11 is 2.91. The number of aromatic nitrogens is 2. The second kappa shape index (κ2) is 8.59. The van der Waals surface area contributed by atoms with Crippen LogP contribution in [-0.2, 0) is 24.7 Å². The number of fused-ring (bicyclic) bond motifs is 3.